The van der Waals surface area contributed by atoms with E-state index in [9.17, 15) is 0 Å². The lowest BCUT2D eigenvalue weighted by Gasteiger charge is -2.03. The fourth-order valence-corrected chi connectivity index (χ4v) is 3.50. The topological polar surface area (TPSA) is 74.3 Å². The van der Waals surface area contributed by atoms with E-state index >= 15 is 0 Å². The third-order valence-electron chi connectivity index (χ3n) is 4.18. The van der Waals surface area contributed by atoms with E-state index in [1.165, 1.54) is 11.8 Å². The lowest BCUT2D eigenvalue weighted by atomic mass is 10.3. The maximum absolute atomic E-state index is 4.76. The van der Waals surface area contributed by atoms with E-state index in [4.69, 9.17) is 10.1 Å². The normalized spacial score (nSPS) is 13.8. The zero-order valence-corrected chi connectivity index (χ0v) is 14.6. The van der Waals surface area contributed by atoms with Crippen LogP contribution in [0.15, 0.2) is 71.0 Å². The van der Waals surface area contributed by atoms with Gasteiger partial charge in [0.1, 0.15) is 5.82 Å². The highest BCUT2D eigenvalue weighted by Crippen LogP contribution is 2.40. The minimum Gasteiger partial charge on any atom is -0.216 e. The van der Waals surface area contributed by atoms with Gasteiger partial charge in [-0.2, -0.15) is 4.68 Å². The maximum Gasteiger partial charge on any atom is 0.221 e. The van der Waals surface area contributed by atoms with Crippen LogP contribution in [0.2, 0.25) is 0 Å². The third kappa shape index (κ3) is 2.88. The van der Waals surface area contributed by atoms with Gasteiger partial charge in [0.25, 0.3) is 0 Å². The maximum atomic E-state index is 4.76. The highest BCUT2D eigenvalue weighted by Gasteiger charge is 2.31. The molecule has 1 fully saturated rings. The minimum absolute atomic E-state index is 0.488. The first-order chi connectivity index (χ1) is 12.9. The molecule has 1 saturated carbocycles. The summed E-state index contributed by atoms with van der Waals surface area (Å²) >= 11 is 1.37. The van der Waals surface area contributed by atoms with Crippen LogP contribution in [0.5, 0.6) is 0 Å². The second-order valence-electron chi connectivity index (χ2n) is 6.09. The lowest BCUT2D eigenvalue weighted by Crippen LogP contribution is -2.01. The lowest BCUT2D eigenvalue weighted by molar-refractivity contribution is 0.753. The molecule has 7 nitrogen and oxygen atoms in total. The molecule has 128 valence electrons. The largest absolute Gasteiger partial charge is 0.221 e. The molecule has 0 bridgehead atoms. The molecule has 8 heteroatoms. The van der Waals surface area contributed by atoms with Gasteiger partial charge in [0.15, 0.2) is 0 Å². The molecule has 0 unspecified atom stereocenters. The zero-order valence-electron chi connectivity index (χ0n) is 13.8. The molecule has 0 spiro atoms. The van der Waals surface area contributed by atoms with E-state index in [2.05, 4.69) is 15.5 Å². The zero-order chi connectivity index (χ0) is 17.3. The molecular weight excluding hydrogens is 346 g/mol. The summed E-state index contributed by atoms with van der Waals surface area (Å²) in [5.41, 5.74) is 1.93. The predicted molar refractivity (Wildman–Crippen MR) is 96.6 cm³/mol. The molecule has 0 aliphatic heterocycles. The monoisotopic (exact) mass is 361 g/mol. The molecule has 2 aromatic heterocycles. The van der Waals surface area contributed by atoms with E-state index in [0.29, 0.717) is 16.2 Å². The molecule has 2 aromatic carbocycles. The first-order valence-corrected chi connectivity index (χ1v) is 9.24. The van der Waals surface area contributed by atoms with Gasteiger partial charge in [0.2, 0.25) is 10.3 Å². The Hall–Kier alpha value is -3.00. The fraction of sp³-hybridized carbons (Fsp3) is 0.167. The summed E-state index contributed by atoms with van der Waals surface area (Å²) in [5.74, 6) is 1.50. The Morgan fingerprint density at radius 1 is 0.846 bits per heavy atom. The van der Waals surface area contributed by atoms with Crippen molar-refractivity contribution in [1.29, 1.82) is 0 Å². The van der Waals surface area contributed by atoms with Crippen LogP contribution in [0, 0.1) is 0 Å². The summed E-state index contributed by atoms with van der Waals surface area (Å²) in [6, 6.07) is 19.9. The van der Waals surface area contributed by atoms with Crippen molar-refractivity contribution in [2.24, 2.45) is 0 Å². The molecular formula is C18H15N7S. The fourth-order valence-electron chi connectivity index (χ4n) is 2.77. The van der Waals surface area contributed by atoms with Crippen molar-refractivity contribution >= 4 is 11.8 Å². The Bertz CT molecular complexity index is 1020. The van der Waals surface area contributed by atoms with Crippen molar-refractivity contribution in [3.63, 3.8) is 0 Å². The molecule has 0 saturated heterocycles. The second-order valence-corrected chi connectivity index (χ2v) is 7.02. The van der Waals surface area contributed by atoms with Crippen LogP contribution in [0.3, 0.4) is 0 Å². The van der Waals surface area contributed by atoms with Crippen LogP contribution in [0.1, 0.15) is 24.6 Å². The Kier molecular flexibility index (Phi) is 3.75. The summed E-state index contributed by atoms with van der Waals surface area (Å²) < 4.78 is 3.64. The number of hydrogen-bond donors (Lipinski definition) is 0. The quantitative estimate of drug-likeness (QED) is 0.543. The number of para-hydroxylation sites is 2. The molecule has 1 aliphatic rings. The first kappa shape index (κ1) is 15.3. The highest BCUT2D eigenvalue weighted by atomic mass is 32.2. The van der Waals surface area contributed by atoms with Crippen LogP contribution in [0.25, 0.3) is 11.4 Å². The Balaban J connectivity index is 1.50. The summed E-state index contributed by atoms with van der Waals surface area (Å²) in [5, 5.41) is 18.0. The third-order valence-corrected chi connectivity index (χ3v) is 4.97. The van der Waals surface area contributed by atoms with E-state index in [0.717, 1.165) is 30.0 Å². The number of benzene rings is 2. The molecule has 0 atom stereocenters. The second kappa shape index (κ2) is 6.38. The SMILES string of the molecule is c1ccc(-n2nnnc2Sc2nc(C3CC3)n(-c3ccccc3)n2)cc1. The summed E-state index contributed by atoms with van der Waals surface area (Å²) in [6.45, 7) is 0. The average molecular weight is 361 g/mol. The molecule has 4 aromatic rings. The van der Waals surface area contributed by atoms with E-state index in [1.807, 2.05) is 65.3 Å². The van der Waals surface area contributed by atoms with Gasteiger partial charge in [0, 0.05) is 5.92 Å². The van der Waals surface area contributed by atoms with Crippen molar-refractivity contribution < 1.29 is 0 Å². The van der Waals surface area contributed by atoms with Gasteiger partial charge in [-0.15, -0.1) is 10.2 Å². The molecule has 0 amide bonds. The highest BCUT2D eigenvalue weighted by molar-refractivity contribution is 7.99. The number of tetrazole rings is 1. The van der Waals surface area contributed by atoms with Crippen molar-refractivity contribution in [1.82, 2.24) is 35.0 Å². The molecule has 26 heavy (non-hydrogen) atoms. The van der Waals surface area contributed by atoms with E-state index < -0.39 is 0 Å². The standard InChI is InChI=1S/C18H15N7S/c1-3-7-14(8-4-1)24-16(13-11-12-13)19-17(21-24)26-18-20-22-23-25(18)15-9-5-2-6-10-15/h1-10,13H,11-12H2. The Labute approximate surface area is 154 Å². The Morgan fingerprint density at radius 2 is 1.50 bits per heavy atom. The van der Waals surface area contributed by atoms with Crippen LogP contribution < -0.4 is 0 Å². The number of hydrogen-bond acceptors (Lipinski definition) is 6. The Morgan fingerprint density at radius 3 is 2.15 bits per heavy atom. The van der Waals surface area contributed by atoms with Crippen LogP contribution in [-0.2, 0) is 0 Å². The van der Waals surface area contributed by atoms with Crippen molar-refractivity contribution in [2.45, 2.75) is 29.1 Å². The summed E-state index contributed by atoms with van der Waals surface area (Å²) in [6.07, 6.45) is 2.33. The van der Waals surface area contributed by atoms with Crippen molar-refractivity contribution in [2.75, 3.05) is 0 Å². The molecule has 5 rings (SSSR count). The first-order valence-electron chi connectivity index (χ1n) is 8.42. The van der Waals surface area contributed by atoms with E-state index in [1.54, 1.807) is 4.68 Å². The average Bonchev–Trinajstić information content (AvgIpc) is 3.30. The summed E-state index contributed by atoms with van der Waals surface area (Å²) in [7, 11) is 0. The molecule has 0 radical (unpaired) electrons. The van der Waals surface area contributed by atoms with Crippen LogP contribution >= 0.6 is 11.8 Å². The predicted octanol–water partition coefficient (Wildman–Crippen LogP) is 3.27. The van der Waals surface area contributed by atoms with Crippen LogP contribution in [0.4, 0.5) is 0 Å². The molecule has 2 heterocycles. The smallest absolute Gasteiger partial charge is 0.216 e. The molecule has 0 N–H and O–H groups in total. The van der Waals surface area contributed by atoms with Crippen molar-refractivity contribution in [3.05, 3.63) is 66.5 Å². The van der Waals surface area contributed by atoms with Crippen LogP contribution in [-0.4, -0.2) is 35.0 Å². The summed E-state index contributed by atoms with van der Waals surface area (Å²) in [4.78, 5) is 4.76. The van der Waals surface area contributed by atoms with Gasteiger partial charge in [-0.3, -0.25) is 0 Å². The minimum atomic E-state index is 0.488. The molecule has 1 aliphatic carbocycles. The van der Waals surface area contributed by atoms with Gasteiger partial charge >= 0.3 is 0 Å². The van der Waals surface area contributed by atoms with Gasteiger partial charge in [0.05, 0.1) is 11.4 Å². The van der Waals surface area contributed by atoms with Gasteiger partial charge in [-0.05, 0) is 59.3 Å². The van der Waals surface area contributed by atoms with Gasteiger partial charge in [-0.1, -0.05) is 36.4 Å². The number of aromatic nitrogens is 7. The number of rotatable bonds is 5. The van der Waals surface area contributed by atoms with Gasteiger partial charge < -0.3 is 0 Å². The van der Waals surface area contributed by atoms with Crippen molar-refractivity contribution in [3.8, 4) is 11.4 Å². The van der Waals surface area contributed by atoms with E-state index in [-0.39, 0.29) is 0 Å². The number of nitrogens with zero attached hydrogens (tertiary/aromatic N) is 7. The van der Waals surface area contributed by atoms with Gasteiger partial charge in [-0.25, -0.2) is 9.67 Å².